The summed E-state index contributed by atoms with van der Waals surface area (Å²) in [5.41, 5.74) is 1.21. The minimum atomic E-state index is -1.18. The number of likely N-dealkylation sites (tertiary alicyclic amines) is 1. The van der Waals surface area contributed by atoms with Crippen LogP contribution in [0, 0.1) is 6.92 Å². The summed E-state index contributed by atoms with van der Waals surface area (Å²) in [6, 6.07) is 5.21. The third kappa shape index (κ3) is 9.24. The van der Waals surface area contributed by atoms with E-state index in [2.05, 4.69) is 15.6 Å². The number of pyridine rings is 1. The second-order valence-corrected chi connectivity index (χ2v) is 13.4. The van der Waals surface area contributed by atoms with Crippen molar-refractivity contribution in [2.24, 2.45) is 0 Å². The molecule has 2 saturated heterocycles. The van der Waals surface area contributed by atoms with E-state index in [1.807, 2.05) is 13.0 Å². The molecule has 15 heteroatoms. The van der Waals surface area contributed by atoms with Gasteiger partial charge in [0.1, 0.15) is 23.5 Å². The number of carboxylic acid groups (broad SMARTS) is 1. The van der Waals surface area contributed by atoms with E-state index in [0.717, 1.165) is 31.2 Å². The molecule has 15 nitrogen and oxygen atoms in total. The molecule has 2 unspecified atom stereocenters. The first-order chi connectivity index (χ1) is 24.4. The number of carbonyl (C=O) groups is 6. The first-order valence-electron chi connectivity index (χ1n) is 17.9. The minimum Gasteiger partial charge on any atom is -0.481 e. The molecule has 5 amide bonds. The van der Waals surface area contributed by atoms with Crippen molar-refractivity contribution in [3.05, 3.63) is 35.5 Å². The van der Waals surface area contributed by atoms with Crippen molar-refractivity contribution in [2.75, 3.05) is 39.3 Å². The molecule has 276 valence electrons. The molecule has 3 atom stereocenters. The van der Waals surface area contributed by atoms with E-state index in [-0.39, 0.29) is 74.9 Å². The van der Waals surface area contributed by atoms with Gasteiger partial charge in [0.05, 0.1) is 12.1 Å². The van der Waals surface area contributed by atoms with E-state index in [1.165, 1.54) is 15.9 Å². The second-order valence-electron chi connectivity index (χ2n) is 13.4. The fourth-order valence-corrected chi connectivity index (χ4v) is 6.97. The van der Waals surface area contributed by atoms with Crippen LogP contribution in [-0.2, 0) is 23.9 Å². The summed E-state index contributed by atoms with van der Waals surface area (Å²) in [4.78, 5) is 86.8. The Hall–Kier alpha value is -4.95. The number of fused-ring (bicyclic) bond motifs is 1. The van der Waals surface area contributed by atoms with Crippen LogP contribution in [0.1, 0.15) is 81.3 Å². The maximum absolute atomic E-state index is 13.7. The number of carbonyl (C=O) groups excluding carboxylic acids is 5. The lowest BCUT2D eigenvalue weighted by Crippen LogP contribution is -2.56. The Morgan fingerprint density at radius 2 is 1.65 bits per heavy atom. The number of aromatic nitrogens is 1. The summed E-state index contributed by atoms with van der Waals surface area (Å²) in [6.45, 7) is 6.68. The summed E-state index contributed by atoms with van der Waals surface area (Å²) in [5.74, 6) is -2.59. The van der Waals surface area contributed by atoms with Gasteiger partial charge in [-0.15, -0.1) is 0 Å². The summed E-state index contributed by atoms with van der Waals surface area (Å²) >= 11 is 0. The Labute approximate surface area is 297 Å². The maximum atomic E-state index is 13.7. The van der Waals surface area contributed by atoms with Gasteiger partial charge in [-0.25, -0.2) is 9.78 Å². The molecule has 0 bridgehead atoms. The highest BCUT2D eigenvalue weighted by molar-refractivity contribution is 6.00. The van der Waals surface area contributed by atoms with E-state index >= 15 is 0 Å². The number of amides is 5. The van der Waals surface area contributed by atoms with Crippen LogP contribution in [0.5, 0.6) is 5.75 Å². The average molecular weight is 709 g/mol. The number of benzene rings is 1. The van der Waals surface area contributed by atoms with Crippen molar-refractivity contribution >= 4 is 46.6 Å². The highest BCUT2D eigenvalue weighted by Crippen LogP contribution is 2.29. The third-order valence-electron chi connectivity index (χ3n) is 9.72. The molecule has 51 heavy (non-hydrogen) atoms. The molecular weight excluding hydrogens is 660 g/mol. The quantitative estimate of drug-likeness (QED) is 0.296. The van der Waals surface area contributed by atoms with Gasteiger partial charge < -0.3 is 39.9 Å². The number of aliphatic carboxylic acids is 1. The fraction of sp³-hybridized carbons (Fsp3) is 0.583. The van der Waals surface area contributed by atoms with Crippen molar-refractivity contribution in [1.29, 1.82) is 0 Å². The zero-order valence-electron chi connectivity index (χ0n) is 29.5. The van der Waals surface area contributed by atoms with Crippen LogP contribution >= 0.6 is 0 Å². The highest BCUT2D eigenvalue weighted by Gasteiger charge is 2.38. The van der Waals surface area contributed by atoms with Crippen molar-refractivity contribution in [3.63, 3.8) is 0 Å². The van der Waals surface area contributed by atoms with Gasteiger partial charge in [0.2, 0.25) is 11.8 Å². The van der Waals surface area contributed by atoms with Gasteiger partial charge in [0.25, 0.3) is 11.8 Å². The number of nitrogens with one attached hydrogen (secondary N) is 2. The molecule has 3 N–H and O–H groups in total. The molecule has 3 heterocycles. The molecule has 1 aromatic heterocycles. The number of piperazine rings is 1. The lowest BCUT2D eigenvalue weighted by Gasteiger charge is -2.35. The van der Waals surface area contributed by atoms with Crippen LogP contribution in [0.4, 0.5) is 4.79 Å². The Morgan fingerprint density at radius 1 is 0.941 bits per heavy atom. The monoisotopic (exact) mass is 708 g/mol. The lowest BCUT2D eigenvalue weighted by molar-refractivity contribution is -0.143. The topological polar surface area (TPSA) is 188 Å². The molecule has 0 spiro atoms. The normalized spacial score (nSPS) is 19.0. The van der Waals surface area contributed by atoms with Gasteiger partial charge in [-0.05, 0) is 70.6 Å². The Kier molecular flexibility index (Phi) is 12.3. The zero-order valence-corrected chi connectivity index (χ0v) is 29.5. The summed E-state index contributed by atoms with van der Waals surface area (Å²) in [7, 11) is 0. The number of ether oxygens (including phenoxy) is 2. The van der Waals surface area contributed by atoms with Crippen molar-refractivity contribution in [3.8, 4) is 5.75 Å². The predicted molar refractivity (Wildman–Crippen MR) is 185 cm³/mol. The van der Waals surface area contributed by atoms with Crippen molar-refractivity contribution in [2.45, 2.75) is 96.4 Å². The molecule has 1 aliphatic carbocycles. The number of aryl methyl sites for hydroxylation is 1. The van der Waals surface area contributed by atoms with Gasteiger partial charge in [-0.1, -0.05) is 18.9 Å². The van der Waals surface area contributed by atoms with Crippen LogP contribution in [0.3, 0.4) is 0 Å². The first kappa shape index (κ1) is 37.3. The largest absolute Gasteiger partial charge is 0.481 e. The fourth-order valence-electron chi connectivity index (χ4n) is 6.97. The average Bonchev–Trinajstić information content (AvgIpc) is 3.82. The number of hydrogen-bond acceptors (Lipinski definition) is 9. The Morgan fingerprint density at radius 3 is 2.33 bits per heavy atom. The van der Waals surface area contributed by atoms with Crippen LogP contribution < -0.4 is 15.4 Å². The van der Waals surface area contributed by atoms with E-state index in [1.54, 1.807) is 30.9 Å². The molecule has 1 aromatic carbocycles. The standard InChI is InChI=1S/C36H48N6O9/c1-4-50-36(49)41-18-16-40(17-19-41)35(48)26(13-14-31(43)44)39-32(45)28-21-30(25-12-11-22(2)20-27(25)38-28)51-23(3)34(47)42-15-7-10-29(42)33(46)37-24-8-5-6-9-24/h11-12,20-21,23-24,26,29H,4-10,13-19H2,1-3H3,(H,37,46)(H,39,45)(H,43,44)/t23-,26?,29?/m1/s1. The Balaban J connectivity index is 1.32. The molecule has 0 radical (unpaired) electrons. The lowest BCUT2D eigenvalue weighted by atomic mass is 10.1. The van der Waals surface area contributed by atoms with Gasteiger partial charge >= 0.3 is 12.1 Å². The number of rotatable bonds is 12. The molecule has 3 fully saturated rings. The summed E-state index contributed by atoms with van der Waals surface area (Å²) < 4.78 is 11.3. The van der Waals surface area contributed by atoms with Gasteiger partial charge in [-0.2, -0.15) is 0 Å². The summed E-state index contributed by atoms with van der Waals surface area (Å²) in [5, 5.41) is 15.7. The molecule has 5 rings (SSSR count). The van der Waals surface area contributed by atoms with Crippen molar-refractivity contribution < 1.29 is 43.3 Å². The predicted octanol–water partition coefficient (Wildman–Crippen LogP) is 2.62. The molecule has 2 aromatic rings. The van der Waals surface area contributed by atoms with E-state index < -0.39 is 42.1 Å². The highest BCUT2D eigenvalue weighted by atomic mass is 16.6. The maximum Gasteiger partial charge on any atom is 0.409 e. The number of carboxylic acids is 1. The van der Waals surface area contributed by atoms with E-state index in [9.17, 15) is 33.9 Å². The molecular formula is C36H48N6O9. The number of nitrogens with zero attached hydrogens (tertiary/aromatic N) is 4. The van der Waals surface area contributed by atoms with Gasteiger partial charge in [0.15, 0.2) is 6.10 Å². The zero-order chi connectivity index (χ0) is 36.7. The minimum absolute atomic E-state index is 0.0852. The van der Waals surface area contributed by atoms with Gasteiger partial charge in [0, 0.05) is 56.6 Å². The SMILES string of the molecule is CCOC(=O)N1CCN(C(=O)C(CCC(=O)O)NC(=O)c2cc(O[C@H](C)C(=O)N3CCCC3C(=O)NC3CCCC3)c3ccc(C)cc3n2)CC1. The number of hydrogen-bond donors (Lipinski definition) is 3. The molecule has 3 aliphatic rings. The Bertz CT molecular complexity index is 1640. The van der Waals surface area contributed by atoms with Crippen LogP contribution in [-0.4, -0.2) is 124 Å². The van der Waals surface area contributed by atoms with Gasteiger partial charge in [-0.3, -0.25) is 24.0 Å². The van der Waals surface area contributed by atoms with E-state index in [4.69, 9.17) is 9.47 Å². The smallest absolute Gasteiger partial charge is 0.409 e. The molecule has 1 saturated carbocycles. The second kappa shape index (κ2) is 16.8. The van der Waals surface area contributed by atoms with Crippen LogP contribution in [0.15, 0.2) is 24.3 Å². The van der Waals surface area contributed by atoms with E-state index in [0.29, 0.717) is 30.3 Å². The first-order valence-corrected chi connectivity index (χ1v) is 17.9. The third-order valence-corrected chi connectivity index (χ3v) is 9.72. The summed E-state index contributed by atoms with van der Waals surface area (Å²) in [6.07, 6.45) is 3.32. The molecule has 2 aliphatic heterocycles. The van der Waals surface area contributed by atoms with Crippen LogP contribution in [0.25, 0.3) is 10.9 Å². The van der Waals surface area contributed by atoms with Crippen molar-refractivity contribution in [1.82, 2.24) is 30.3 Å². The van der Waals surface area contributed by atoms with Crippen LogP contribution in [0.2, 0.25) is 0 Å².